The predicted molar refractivity (Wildman–Crippen MR) is 76.6 cm³/mol. The molecule has 1 fully saturated rings. The lowest BCUT2D eigenvalue weighted by atomic mass is 9.75. The van der Waals surface area contributed by atoms with Crippen LogP contribution in [0.1, 0.15) is 66.2 Å². The second kappa shape index (κ2) is 7.13. The zero-order valence-corrected chi connectivity index (χ0v) is 12.5. The van der Waals surface area contributed by atoms with Gasteiger partial charge in [-0.15, -0.1) is 0 Å². The van der Waals surface area contributed by atoms with Crippen LogP contribution in [0.25, 0.3) is 0 Å². The van der Waals surface area contributed by atoms with Gasteiger partial charge in [0.25, 0.3) is 0 Å². The van der Waals surface area contributed by atoms with Gasteiger partial charge in [0.1, 0.15) is 0 Å². The lowest BCUT2D eigenvalue weighted by Crippen LogP contribution is -2.49. The van der Waals surface area contributed by atoms with E-state index >= 15 is 0 Å². The van der Waals surface area contributed by atoms with Gasteiger partial charge in [-0.3, -0.25) is 4.79 Å². The molecule has 1 amide bonds. The molecule has 2 N–H and O–H groups in total. The first kappa shape index (κ1) is 15.5. The van der Waals surface area contributed by atoms with E-state index in [0.717, 1.165) is 19.4 Å². The third kappa shape index (κ3) is 5.38. The van der Waals surface area contributed by atoms with Crippen molar-refractivity contribution in [1.82, 2.24) is 10.6 Å². The second-order valence-corrected chi connectivity index (χ2v) is 6.49. The molecule has 3 heteroatoms. The Kier molecular flexibility index (Phi) is 6.13. The maximum absolute atomic E-state index is 11.9. The molecule has 0 aliphatic heterocycles. The van der Waals surface area contributed by atoms with E-state index in [0.29, 0.717) is 11.5 Å². The SMILES string of the molecule is CCCCNC(=O)C(C)NC1CCCC(C)(C)C1. The van der Waals surface area contributed by atoms with Crippen LogP contribution in [-0.4, -0.2) is 24.5 Å². The number of rotatable bonds is 6. The van der Waals surface area contributed by atoms with Crippen LogP contribution in [0, 0.1) is 5.41 Å². The molecule has 0 heterocycles. The molecule has 1 rings (SSSR count). The molecule has 0 aromatic carbocycles. The molecule has 0 saturated heterocycles. The Morgan fingerprint density at radius 3 is 2.78 bits per heavy atom. The molecule has 0 spiro atoms. The monoisotopic (exact) mass is 254 g/mol. The molecular formula is C15H30N2O. The fraction of sp³-hybridized carbons (Fsp3) is 0.933. The zero-order chi connectivity index (χ0) is 13.6. The minimum Gasteiger partial charge on any atom is -0.355 e. The van der Waals surface area contributed by atoms with Gasteiger partial charge in [-0.25, -0.2) is 0 Å². The van der Waals surface area contributed by atoms with Gasteiger partial charge in [-0.1, -0.05) is 33.6 Å². The summed E-state index contributed by atoms with van der Waals surface area (Å²) in [6.45, 7) is 9.57. The molecule has 106 valence electrons. The third-order valence-electron chi connectivity index (χ3n) is 3.91. The van der Waals surface area contributed by atoms with Crippen LogP contribution < -0.4 is 10.6 Å². The Bertz CT molecular complexity index is 263. The highest BCUT2D eigenvalue weighted by Gasteiger charge is 2.29. The van der Waals surface area contributed by atoms with E-state index in [1.807, 2.05) is 6.92 Å². The first-order valence-electron chi connectivity index (χ1n) is 7.48. The van der Waals surface area contributed by atoms with E-state index < -0.39 is 0 Å². The van der Waals surface area contributed by atoms with Crippen LogP contribution in [0.2, 0.25) is 0 Å². The number of unbranched alkanes of at least 4 members (excludes halogenated alkanes) is 1. The van der Waals surface area contributed by atoms with Crippen molar-refractivity contribution in [2.45, 2.75) is 78.3 Å². The largest absolute Gasteiger partial charge is 0.355 e. The minimum atomic E-state index is -0.0687. The minimum absolute atomic E-state index is 0.0687. The molecule has 2 unspecified atom stereocenters. The van der Waals surface area contributed by atoms with Crippen LogP contribution in [0.4, 0.5) is 0 Å². The average Bonchev–Trinajstić information content (AvgIpc) is 2.27. The summed E-state index contributed by atoms with van der Waals surface area (Å²) in [6.07, 6.45) is 7.15. The Hall–Kier alpha value is -0.570. The van der Waals surface area contributed by atoms with Crippen LogP contribution in [-0.2, 0) is 4.79 Å². The molecule has 18 heavy (non-hydrogen) atoms. The quantitative estimate of drug-likeness (QED) is 0.716. The molecule has 1 aliphatic carbocycles. The molecular weight excluding hydrogens is 224 g/mol. The van der Waals surface area contributed by atoms with Crippen LogP contribution in [0.3, 0.4) is 0 Å². The smallest absolute Gasteiger partial charge is 0.236 e. The first-order valence-corrected chi connectivity index (χ1v) is 7.48. The number of carbonyl (C=O) groups excluding carboxylic acids is 1. The standard InChI is InChI=1S/C15H30N2O/c1-5-6-10-16-14(18)12(2)17-13-8-7-9-15(3,4)11-13/h12-13,17H,5-11H2,1-4H3,(H,16,18). The Balaban J connectivity index is 2.30. The topological polar surface area (TPSA) is 41.1 Å². The maximum Gasteiger partial charge on any atom is 0.236 e. The normalized spacial score (nSPS) is 24.6. The second-order valence-electron chi connectivity index (χ2n) is 6.49. The fourth-order valence-electron chi connectivity index (χ4n) is 2.81. The Labute approximate surface area is 112 Å². The van der Waals surface area contributed by atoms with Crippen molar-refractivity contribution in [3.05, 3.63) is 0 Å². The summed E-state index contributed by atoms with van der Waals surface area (Å²) >= 11 is 0. The number of amides is 1. The van der Waals surface area contributed by atoms with Crippen molar-refractivity contribution in [1.29, 1.82) is 0 Å². The first-order chi connectivity index (χ1) is 8.44. The summed E-state index contributed by atoms with van der Waals surface area (Å²) in [4.78, 5) is 11.9. The third-order valence-corrected chi connectivity index (χ3v) is 3.91. The van der Waals surface area contributed by atoms with Crippen molar-refractivity contribution >= 4 is 5.91 Å². The molecule has 0 aromatic rings. The van der Waals surface area contributed by atoms with Crippen LogP contribution >= 0.6 is 0 Å². The van der Waals surface area contributed by atoms with E-state index in [2.05, 4.69) is 31.4 Å². The summed E-state index contributed by atoms with van der Waals surface area (Å²) in [5, 5.41) is 6.48. The number of hydrogen-bond donors (Lipinski definition) is 2. The van der Waals surface area contributed by atoms with Crippen molar-refractivity contribution in [3.8, 4) is 0 Å². The molecule has 1 saturated carbocycles. The van der Waals surface area contributed by atoms with E-state index in [1.54, 1.807) is 0 Å². The molecule has 0 aromatic heterocycles. The van der Waals surface area contributed by atoms with Gasteiger partial charge in [-0.05, 0) is 38.0 Å². The fourth-order valence-corrected chi connectivity index (χ4v) is 2.81. The van der Waals surface area contributed by atoms with Gasteiger partial charge < -0.3 is 10.6 Å². The number of carbonyl (C=O) groups is 1. The van der Waals surface area contributed by atoms with Gasteiger partial charge in [-0.2, -0.15) is 0 Å². The number of hydrogen-bond acceptors (Lipinski definition) is 2. The van der Waals surface area contributed by atoms with Crippen molar-refractivity contribution < 1.29 is 4.79 Å². The van der Waals surface area contributed by atoms with Gasteiger partial charge in [0.05, 0.1) is 6.04 Å². The zero-order valence-electron chi connectivity index (χ0n) is 12.5. The van der Waals surface area contributed by atoms with Crippen molar-refractivity contribution in [3.63, 3.8) is 0 Å². The molecule has 2 atom stereocenters. The van der Waals surface area contributed by atoms with Crippen LogP contribution in [0.5, 0.6) is 0 Å². The van der Waals surface area contributed by atoms with Crippen molar-refractivity contribution in [2.24, 2.45) is 5.41 Å². The van der Waals surface area contributed by atoms with E-state index in [4.69, 9.17) is 0 Å². The summed E-state index contributed by atoms with van der Waals surface area (Å²) in [5.41, 5.74) is 0.425. The van der Waals surface area contributed by atoms with Gasteiger partial charge in [0.15, 0.2) is 0 Å². The number of nitrogens with one attached hydrogen (secondary N) is 2. The lowest BCUT2D eigenvalue weighted by Gasteiger charge is -2.36. The van der Waals surface area contributed by atoms with Gasteiger partial charge >= 0.3 is 0 Å². The summed E-state index contributed by atoms with van der Waals surface area (Å²) in [5.74, 6) is 0.145. The van der Waals surface area contributed by atoms with Gasteiger partial charge in [0, 0.05) is 12.6 Å². The predicted octanol–water partition coefficient (Wildman–Crippen LogP) is 2.85. The van der Waals surface area contributed by atoms with E-state index in [9.17, 15) is 4.79 Å². The highest BCUT2D eigenvalue weighted by atomic mass is 16.2. The molecule has 3 nitrogen and oxygen atoms in total. The average molecular weight is 254 g/mol. The Morgan fingerprint density at radius 2 is 2.17 bits per heavy atom. The van der Waals surface area contributed by atoms with Crippen molar-refractivity contribution in [2.75, 3.05) is 6.54 Å². The Morgan fingerprint density at radius 1 is 1.44 bits per heavy atom. The van der Waals surface area contributed by atoms with E-state index in [-0.39, 0.29) is 11.9 Å². The van der Waals surface area contributed by atoms with Gasteiger partial charge in [0.2, 0.25) is 5.91 Å². The highest BCUT2D eigenvalue weighted by Crippen LogP contribution is 2.35. The maximum atomic E-state index is 11.9. The summed E-state index contributed by atoms with van der Waals surface area (Å²) < 4.78 is 0. The van der Waals surface area contributed by atoms with E-state index in [1.165, 1.54) is 25.7 Å². The summed E-state index contributed by atoms with van der Waals surface area (Å²) in [7, 11) is 0. The molecule has 0 radical (unpaired) electrons. The molecule has 0 bridgehead atoms. The van der Waals surface area contributed by atoms with Crippen LogP contribution in [0.15, 0.2) is 0 Å². The lowest BCUT2D eigenvalue weighted by molar-refractivity contribution is -0.123. The highest BCUT2D eigenvalue weighted by molar-refractivity contribution is 5.81. The molecule has 1 aliphatic rings. The summed E-state index contributed by atoms with van der Waals surface area (Å²) in [6, 6.07) is 0.432.